The van der Waals surface area contributed by atoms with Crippen molar-refractivity contribution in [3.8, 4) is 0 Å². The Hall–Kier alpha value is -1.59. The van der Waals surface area contributed by atoms with Gasteiger partial charge in [0.25, 0.3) is 5.91 Å². The molecule has 0 heterocycles. The van der Waals surface area contributed by atoms with Gasteiger partial charge in [0.15, 0.2) is 0 Å². The zero-order valence-electron chi connectivity index (χ0n) is 13.5. The highest BCUT2D eigenvalue weighted by Gasteiger charge is 2.16. The molecule has 3 N–H and O–H groups in total. The van der Waals surface area contributed by atoms with Gasteiger partial charge < -0.3 is 20.5 Å². The lowest BCUT2D eigenvalue weighted by atomic mass is 10.1. The summed E-state index contributed by atoms with van der Waals surface area (Å²) in [5, 5.41) is 2.82. The Kier molecular flexibility index (Phi) is 6.18. The Labute approximate surface area is 126 Å². The Bertz CT molecular complexity index is 481. The molecule has 1 unspecified atom stereocenters. The average Bonchev–Trinajstić information content (AvgIpc) is 2.38. The third-order valence-corrected chi connectivity index (χ3v) is 2.99. The largest absolute Gasteiger partial charge is 0.398 e. The van der Waals surface area contributed by atoms with Crippen molar-refractivity contribution < 1.29 is 14.3 Å². The number of ether oxygens (including phenoxy) is 2. The summed E-state index contributed by atoms with van der Waals surface area (Å²) in [5.74, 6) is -0.195. The molecule has 0 spiro atoms. The lowest BCUT2D eigenvalue weighted by Gasteiger charge is -2.20. The zero-order chi connectivity index (χ0) is 16.0. The Balaban J connectivity index is 2.43. The van der Waals surface area contributed by atoms with E-state index in [-0.39, 0.29) is 11.5 Å². The quantitative estimate of drug-likeness (QED) is 0.625. The van der Waals surface area contributed by atoms with Crippen LogP contribution in [0.4, 0.5) is 11.4 Å². The monoisotopic (exact) mass is 294 g/mol. The van der Waals surface area contributed by atoms with Gasteiger partial charge in [-0.3, -0.25) is 4.79 Å². The molecule has 0 aliphatic carbocycles. The highest BCUT2D eigenvalue weighted by Crippen LogP contribution is 2.20. The number of hydrogen-bond acceptors (Lipinski definition) is 4. The molecule has 0 aliphatic rings. The molecule has 5 nitrogen and oxygen atoms in total. The smallest absolute Gasteiger partial charge is 0.253 e. The number of anilines is 2. The van der Waals surface area contributed by atoms with Crippen LogP contribution in [0.15, 0.2) is 18.2 Å². The number of benzene rings is 1. The van der Waals surface area contributed by atoms with E-state index in [9.17, 15) is 4.79 Å². The molecule has 21 heavy (non-hydrogen) atoms. The Morgan fingerprint density at radius 1 is 1.33 bits per heavy atom. The van der Waals surface area contributed by atoms with Gasteiger partial charge in [0.2, 0.25) is 0 Å². The predicted octanol–water partition coefficient (Wildman–Crippen LogP) is 2.74. The number of carbonyl (C=O) groups is 1. The van der Waals surface area contributed by atoms with E-state index in [1.807, 2.05) is 33.8 Å². The van der Waals surface area contributed by atoms with E-state index in [0.29, 0.717) is 24.6 Å². The highest BCUT2D eigenvalue weighted by molar-refractivity contribution is 5.95. The molecule has 0 saturated heterocycles. The van der Waals surface area contributed by atoms with Gasteiger partial charge in [-0.15, -0.1) is 0 Å². The molecule has 5 heteroatoms. The molecule has 118 valence electrons. The lowest BCUT2D eigenvalue weighted by Crippen LogP contribution is -2.30. The van der Waals surface area contributed by atoms with Crippen LogP contribution in [0.1, 0.15) is 33.3 Å². The molecule has 0 fully saturated rings. The second-order valence-electron chi connectivity index (χ2n) is 5.98. The number of amides is 1. The van der Waals surface area contributed by atoms with Crippen LogP contribution in [0, 0.1) is 6.92 Å². The van der Waals surface area contributed by atoms with Crippen molar-refractivity contribution in [2.75, 3.05) is 24.3 Å². The molecule has 0 bridgehead atoms. The van der Waals surface area contributed by atoms with E-state index in [1.165, 1.54) is 0 Å². The number of carbonyl (C=O) groups excluding carboxylic acids is 1. The first-order valence-corrected chi connectivity index (χ1v) is 7.12. The molecule has 0 aromatic heterocycles. The zero-order valence-corrected chi connectivity index (χ0v) is 13.5. The van der Waals surface area contributed by atoms with E-state index in [0.717, 1.165) is 5.56 Å². The van der Waals surface area contributed by atoms with Gasteiger partial charge in [-0.2, -0.15) is 0 Å². The summed E-state index contributed by atoms with van der Waals surface area (Å²) in [6.07, 6.45) is -0.547. The molecular formula is C16H26N2O3. The van der Waals surface area contributed by atoms with Crippen molar-refractivity contribution in [1.29, 1.82) is 0 Å². The molecule has 1 aromatic rings. The summed E-state index contributed by atoms with van der Waals surface area (Å²) in [5.41, 5.74) is 7.83. The van der Waals surface area contributed by atoms with Gasteiger partial charge in [-0.05, 0) is 52.3 Å². The number of nitrogen functional groups attached to an aromatic ring is 1. The van der Waals surface area contributed by atoms with Crippen LogP contribution < -0.4 is 11.1 Å². The van der Waals surface area contributed by atoms with Gasteiger partial charge in [-0.25, -0.2) is 0 Å². The summed E-state index contributed by atoms with van der Waals surface area (Å²) in [6.45, 7) is 10.4. The summed E-state index contributed by atoms with van der Waals surface area (Å²) < 4.78 is 11.0. The van der Waals surface area contributed by atoms with Crippen molar-refractivity contribution in [3.05, 3.63) is 23.8 Å². The minimum atomic E-state index is -0.547. The van der Waals surface area contributed by atoms with Gasteiger partial charge >= 0.3 is 0 Å². The number of rotatable bonds is 6. The standard InChI is InChI=1S/C16H26N2O3/c1-11-13(17)7-6-8-14(11)18-15(19)12(2)20-9-10-21-16(3,4)5/h6-8,12H,9-10,17H2,1-5H3,(H,18,19). The van der Waals surface area contributed by atoms with Gasteiger partial charge in [-0.1, -0.05) is 6.07 Å². The molecule has 1 amide bonds. The van der Waals surface area contributed by atoms with Crippen molar-refractivity contribution >= 4 is 17.3 Å². The maximum Gasteiger partial charge on any atom is 0.253 e. The Morgan fingerprint density at radius 3 is 2.62 bits per heavy atom. The number of nitrogens with two attached hydrogens (primary N) is 1. The Morgan fingerprint density at radius 2 is 2.00 bits per heavy atom. The fraction of sp³-hybridized carbons (Fsp3) is 0.562. The van der Waals surface area contributed by atoms with Crippen molar-refractivity contribution in [2.24, 2.45) is 0 Å². The van der Waals surface area contributed by atoms with Gasteiger partial charge in [0.1, 0.15) is 6.10 Å². The van der Waals surface area contributed by atoms with Crippen LogP contribution in [0.5, 0.6) is 0 Å². The average molecular weight is 294 g/mol. The maximum atomic E-state index is 12.0. The van der Waals surface area contributed by atoms with Crippen LogP contribution in [0.3, 0.4) is 0 Å². The highest BCUT2D eigenvalue weighted by atomic mass is 16.5. The summed E-state index contributed by atoms with van der Waals surface area (Å²) in [7, 11) is 0. The molecule has 1 atom stereocenters. The fourth-order valence-corrected chi connectivity index (χ4v) is 1.67. The van der Waals surface area contributed by atoms with E-state index in [4.69, 9.17) is 15.2 Å². The van der Waals surface area contributed by atoms with E-state index in [1.54, 1.807) is 19.1 Å². The molecule has 0 radical (unpaired) electrons. The first-order valence-electron chi connectivity index (χ1n) is 7.12. The van der Waals surface area contributed by atoms with E-state index >= 15 is 0 Å². The van der Waals surface area contributed by atoms with Crippen LogP contribution in [-0.4, -0.2) is 30.8 Å². The predicted molar refractivity (Wildman–Crippen MR) is 85.3 cm³/mol. The topological polar surface area (TPSA) is 73.6 Å². The van der Waals surface area contributed by atoms with E-state index < -0.39 is 6.10 Å². The van der Waals surface area contributed by atoms with Crippen LogP contribution in [0.25, 0.3) is 0 Å². The first-order chi connectivity index (χ1) is 9.70. The summed E-state index contributed by atoms with van der Waals surface area (Å²) >= 11 is 0. The minimum absolute atomic E-state index is 0.195. The summed E-state index contributed by atoms with van der Waals surface area (Å²) in [6, 6.07) is 5.43. The molecule has 0 saturated carbocycles. The third kappa shape index (κ3) is 6.14. The van der Waals surface area contributed by atoms with Gasteiger partial charge in [0, 0.05) is 11.4 Å². The molecule has 1 aromatic carbocycles. The van der Waals surface area contributed by atoms with Crippen LogP contribution >= 0.6 is 0 Å². The lowest BCUT2D eigenvalue weighted by molar-refractivity contribution is -0.128. The normalized spacial score (nSPS) is 13.0. The minimum Gasteiger partial charge on any atom is -0.398 e. The SMILES string of the molecule is Cc1c(N)cccc1NC(=O)C(C)OCCOC(C)(C)C. The van der Waals surface area contributed by atoms with Crippen molar-refractivity contribution in [1.82, 2.24) is 0 Å². The van der Waals surface area contributed by atoms with Crippen LogP contribution in [0.2, 0.25) is 0 Å². The number of nitrogens with one attached hydrogen (secondary N) is 1. The van der Waals surface area contributed by atoms with Crippen molar-refractivity contribution in [3.63, 3.8) is 0 Å². The van der Waals surface area contributed by atoms with Gasteiger partial charge in [0.05, 0.1) is 18.8 Å². The second-order valence-corrected chi connectivity index (χ2v) is 5.98. The molecule has 0 aliphatic heterocycles. The molecular weight excluding hydrogens is 268 g/mol. The maximum absolute atomic E-state index is 12.0. The first kappa shape index (κ1) is 17.5. The number of hydrogen-bond donors (Lipinski definition) is 2. The van der Waals surface area contributed by atoms with Crippen LogP contribution in [-0.2, 0) is 14.3 Å². The van der Waals surface area contributed by atoms with E-state index in [2.05, 4.69) is 5.32 Å². The fourth-order valence-electron chi connectivity index (χ4n) is 1.67. The van der Waals surface area contributed by atoms with Crippen molar-refractivity contribution in [2.45, 2.75) is 46.3 Å². The third-order valence-electron chi connectivity index (χ3n) is 2.99. The second kappa shape index (κ2) is 7.43. The molecule has 1 rings (SSSR count). The summed E-state index contributed by atoms with van der Waals surface area (Å²) in [4.78, 5) is 12.0.